The average molecular weight is 154 g/mol. The second kappa shape index (κ2) is 4.66. The first-order chi connectivity index (χ1) is 5.18. The summed E-state index contributed by atoms with van der Waals surface area (Å²) in [7, 11) is 0. The Hall–Kier alpha value is -1.12. The monoisotopic (exact) mass is 154 g/mol. The maximum atomic E-state index is 10.5. The summed E-state index contributed by atoms with van der Waals surface area (Å²) in [5.41, 5.74) is 1.34. The van der Waals surface area contributed by atoms with Crippen LogP contribution in [0, 0.1) is 13.8 Å². The molecule has 0 bridgehead atoms. The molecule has 1 rings (SSSR count). The SMILES string of the molecule is CC.Cc1cc(C)[nH]c(=O)n1. The number of hydrogen-bond acceptors (Lipinski definition) is 2. The van der Waals surface area contributed by atoms with Crippen molar-refractivity contribution >= 4 is 0 Å². The van der Waals surface area contributed by atoms with Gasteiger partial charge in [0.05, 0.1) is 0 Å². The van der Waals surface area contributed by atoms with E-state index >= 15 is 0 Å². The zero-order chi connectivity index (χ0) is 8.85. The van der Waals surface area contributed by atoms with Crippen molar-refractivity contribution in [1.29, 1.82) is 0 Å². The number of rotatable bonds is 0. The average Bonchev–Trinajstić information content (AvgIpc) is 1.88. The van der Waals surface area contributed by atoms with E-state index in [9.17, 15) is 4.79 Å². The van der Waals surface area contributed by atoms with E-state index in [1.165, 1.54) is 0 Å². The van der Waals surface area contributed by atoms with E-state index in [0.29, 0.717) is 0 Å². The normalized spacial score (nSPS) is 8.36. The molecule has 0 aliphatic heterocycles. The van der Waals surface area contributed by atoms with Crippen LogP contribution in [0.25, 0.3) is 0 Å². The van der Waals surface area contributed by atoms with Crippen LogP contribution in [0.5, 0.6) is 0 Å². The predicted octanol–water partition coefficient (Wildman–Crippen LogP) is 1.41. The van der Waals surface area contributed by atoms with Crippen LogP contribution >= 0.6 is 0 Å². The summed E-state index contributed by atoms with van der Waals surface area (Å²) >= 11 is 0. The first kappa shape index (κ1) is 9.88. The van der Waals surface area contributed by atoms with Gasteiger partial charge in [0.15, 0.2) is 0 Å². The Labute approximate surface area is 66.5 Å². The van der Waals surface area contributed by atoms with E-state index in [-0.39, 0.29) is 5.69 Å². The van der Waals surface area contributed by atoms with Crippen molar-refractivity contribution < 1.29 is 0 Å². The maximum Gasteiger partial charge on any atom is 0.345 e. The van der Waals surface area contributed by atoms with E-state index in [1.807, 2.05) is 26.8 Å². The molecule has 62 valence electrons. The number of H-pyrrole nitrogens is 1. The van der Waals surface area contributed by atoms with Gasteiger partial charge in [-0.15, -0.1) is 0 Å². The van der Waals surface area contributed by atoms with Crippen LogP contribution in [0.1, 0.15) is 25.2 Å². The quantitative estimate of drug-likeness (QED) is 0.614. The highest BCUT2D eigenvalue weighted by Crippen LogP contribution is 1.88. The van der Waals surface area contributed by atoms with Gasteiger partial charge in [-0.1, -0.05) is 13.8 Å². The fourth-order valence-corrected chi connectivity index (χ4v) is 0.738. The Morgan fingerprint density at radius 2 is 1.91 bits per heavy atom. The molecule has 11 heavy (non-hydrogen) atoms. The lowest BCUT2D eigenvalue weighted by molar-refractivity contribution is 0.988. The molecule has 1 heterocycles. The largest absolute Gasteiger partial charge is 0.345 e. The molecule has 0 radical (unpaired) electrons. The first-order valence-electron chi connectivity index (χ1n) is 3.73. The number of hydrogen-bond donors (Lipinski definition) is 1. The van der Waals surface area contributed by atoms with Crippen molar-refractivity contribution in [2.75, 3.05) is 0 Å². The van der Waals surface area contributed by atoms with Crippen molar-refractivity contribution in [3.05, 3.63) is 27.9 Å². The van der Waals surface area contributed by atoms with Gasteiger partial charge in [-0.25, -0.2) is 4.79 Å². The molecule has 1 aromatic heterocycles. The second-order valence-electron chi connectivity index (χ2n) is 2.01. The van der Waals surface area contributed by atoms with Crippen LogP contribution in [0.4, 0.5) is 0 Å². The lowest BCUT2D eigenvalue weighted by Crippen LogP contribution is -2.11. The van der Waals surface area contributed by atoms with Crippen molar-refractivity contribution in [3.63, 3.8) is 0 Å². The molecule has 0 aliphatic rings. The highest BCUT2D eigenvalue weighted by Gasteiger charge is 1.88. The minimum absolute atomic E-state index is 0.271. The summed E-state index contributed by atoms with van der Waals surface area (Å²) < 4.78 is 0. The van der Waals surface area contributed by atoms with Crippen LogP contribution in [0.3, 0.4) is 0 Å². The lowest BCUT2D eigenvalue weighted by atomic mass is 10.4. The Balaban J connectivity index is 0.000000461. The van der Waals surface area contributed by atoms with Gasteiger partial charge in [-0.3, -0.25) is 0 Å². The molecule has 0 unspecified atom stereocenters. The number of aryl methyl sites for hydroxylation is 2. The van der Waals surface area contributed by atoms with Crippen LogP contribution in [-0.2, 0) is 0 Å². The van der Waals surface area contributed by atoms with E-state index in [4.69, 9.17) is 0 Å². The Morgan fingerprint density at radius 1 is 1.36 bits per heavy atom. The van der Waals surface area contributed by atoms with Crippen LogP contribution in [0.2, 0.25) is 0 Å². The molecule has 0 amide bonds. The smallest absolute Gasteiger partial charge is 0.310 e. The molecule has 0 aromatic carbocycles. The molecule has 1 N–H and O–H groups in total. The van der Waals surface area contributed by atoms with Gasteiger partial charge in [0.2, 0.25) is 0 Å². The molecular formula is C8H14N2O. The Kier molecular flexibility index (Phi) is 4.18. The number of aromatic amines is 1. The topological polar surface area (TPSA) is 45.8 Å². The van der Waals surface area contributed by atoms with E-state index in [2.05, 4.69) is 9.97 Å². The van der Waals surface area contributed by atoms with E-state index in [0.717, 1.165) is 11.4 Å². The number of nitrogens with one attached hydrogen (secondary N) is 1. The molecule has 3 heteroatoms. The summed E-state index contributed by atoms with van der Waals surface area (Å²) in [6.45, 7) is 7.62. The zero-order valence-electron chi connectivity index (χ0n) is 7.43. The highest BCUT2D eigenvalue weighted by atomic mass is 16.1. The first-order valence-corrected chi connectivity index (χ1v) is 3.73. The van der Waals surface area contributed by atoms with Crippen LogP contribution in [0.15, 0.2) is 10.9 Å². The molecule has 0 fully saturated rings. The van der Waals surface area contributed by atoms with Crippen molar-refractivity contribution in [3.8, 4) is 0 Å². The van der Waals surface area contributed by atoms with Gasteiger partial charge in [-0.05, 0) is 19.9 Å². The van der Waals surface area contributed by atoms with Crippen molar-refractivity contribution in [2.45, 2.75) is 27.7 Å². The highest BCUT2D eigenvalue weighted by molar-refractivity contribution is 5.03. The predicted molar refractivity (Wildman–Crippen MR) is 45.7 cm³/mol. The van der Waals surface area contributed by atoms with Gasteiger partial charge >= 0.3 is 5.69 Å². The maximum absolute atomic E-state index is 10.5. The van der Waals surface area contributed by atoms with Gasteiger partial charge in [-0.2, -0.15) is 4.98 Å². The number of nitrogens with zero attached hydrogens (tertiary/aromatic N) is 1. The summed E-state index contributed by atoms with van der Waals surface area (Å²) in [6, 6.07) is 1.82. The lowest BCUT2D eigenvalue weighted by Gasteiger charge is -1.90. The summed E-state index contributed by atoms with van der Waals surface area (Å²) in [4.78, 5) is 16.7. The molecule has 0 aliphatic carbocycles. The molecule has 1 aromatic rings. The third-order valence-electron chi connectivity index (χ3n) is 1.01. The summed E-state index contributed by atoms with van der Waals surface area (Å²) in [5.74, 6) is 0. The minimum Gasteiger partial charge on any atom is -0.310 e. The van der Waals surface area contributed by atoms with Gasteiger partial charge in [0.25, 0.3) is 0 Å². The fraction of sp³-hybridized carbons (Fsp3) is 0.500. The fourth-order valence-electron chi connectivity index (χ4n) is 0.738. The van der Waals surface area contributed by atoms with Crippen LogP contribution in [-0.4, -0.2) is 9.97 Å². The van der Waals surface area contributed by atoms with E-state index < -0.39 is 0 Å². The molecule has 0 atom stereocenters. The molecule has 0 saturated heterocycles. The molecule has 3 nitrogen and oxygen atoms in total. The van der Waals surface area contributed by atoms with E-state index in [1.54, 1.807) is 6.92 Å². The second-order valence-corrected chi connectivity index (χ2v) is 2.01. The molecular weight excluding hydrogens is 140 g/mol. The molecule has 0 saturated carbocycles. The van der Waals surface area contributed by atoms with Crippen molar-refractivity contribution in [2.24, 2.45) is 0 Å². The third kappa shape index (κ3) is 3.55. The number of aromatic nitrogens is 2. The Morgan fingerprint density at radius 3 is 2.27 bits per heavy atom. The van der Waals surface area contributed by atoms with Crippen molar-refractivity contribution in [1.82, 2.24) is 9.97 Å². The summed E-state index contributed by atoms with van der Waals surface area (Å²) in [5, 5.41) is 0. The zero-order valence-corrected chi connectivity index (χ0v) is 7.43. The molecule has 0 spiro atoms. The third-order valence-corrected chi connectivity index (χ3v) is 1.01. The van der Waals surface area contributed by atoms with Gasteiger partial charge in [0.1, 0.15) is 0 Å². The van der Waals surface area contributed by atoms with Gasteiger partial charge in [0, 0.05) is 11.4 Å². The Bertz CT molecular complexity index is 242. The standard InChI is InChI=1S/C6H8N2O.C2H6/c1-4-3-5(2)8-6(9)7-4;1-2/h3H,1-2H3,(H,7,8,9);1-2H3. The minimum atomic E-state index is -0.271. The van der Waals surface area contributed by atoms with Crippen LogP contribution < -0.4 is 5.69 Å². The van der Waals surface area contributed by atoms with Gasteiger partial charge < -0.3 is 4.98 Å². The summed E-state index contributed by atoms with van der Waals surface area (Å²) in [6.07, 6.45) is 0.